The Morgan fingerprint density at radius 1 is 0.806 bits per heavy atom. The Labute approximate surface area is 217 Å². The molecule has 0 radical (unpaired) electrons. The molecule has 1 aromatic heterocycles. The number of anilines is 4. The molecule has 0 fully saturated rings. The van der Waals surface area contributed by atoms with E-state index in [0.717, 1.165) is 11.3 Å². The third-order valence-electron chi connectivity index (χ3n) is 5.00. The molecule has 2 amide bonds. The van der Waals surface area contributed by atoms with Crippen LogP contribution in [-0.4, -0.2) is 24.4 Å². The number of hydrogen-bond donors (Lipinski definition) is 3. The lowest BCUT2D eigenvalue weighted by molar-refractivity contribution is 0.0533. The predicted molar refractivity (Wildman–Crippen MR) is 144 cm³/mol. The Balaban J connectivity index is 1.81. The number of hydrogen-bond acceptors (Lipinski definition) is 6. The molecule has 0 atom stereocenters. The highest BCUT2D eigenvalue weighted by Gasteiger charge is 2.30. The largest absolute Gasteiger partial charge is 0.462 e. The molecule has 7 nitrogen and oxygen atoms in total. The van der Waals surface area contributed by atoms with Crippen molar-refractivity contribution in [3.63, 3.8) is 0 Å². The van der Waals surface area contributed by atoms with Crippen molar-refractivity contribution in [1.29, 1.82) is 0 Å². The third kappa shape index (κ3) is 5.91. The average molecular weight is 520 g/mol. The first-order valence-electron chi connectivity index (χ1n) is 11.1. The molecule has 3 N–H and O–H groups in total. The van der Waals surface area contributed by atoms with E-state index in [1.807, 2.05) is 36.4 Å². The molecule has 0 aliphatic carbocycles. The first-order valence-corrected chi connectivity index (χ1v) is 12.2. The van der Waals surface area contributed by atoms with Crippen LogP contribution in [0.3, 0.4) is 0 Å². The minimum absolute atomic E-state index is 0.0604. The number of nitrogens with one attached hydrogen (secondary N) is 3. The van der Waals surface area contributed by atoms with Crippen molar-refractivity contribution in [2.24, 2.45) is 0 Å². The van der Waals surface area contributed by atoms with E-state index in [4.69, 9.17) is 16.3 Å². The van der Waals surface area contributed by atoms with Gasteiger partial charge in [0.1, 0.15) is 9.88 Å². The Kier molecular flexibility index (Phi) is 7.99. The van der Waals surface area contributed by atoms with Crippen molar-refractivity contribution in [2.75, 3.05) is 22.6 Å². The fourth-order valence-electron chi connectivity index (χ4n) is 3.35. The van der Waals surface area contributed by atoms with Crippen molar-refractivity contribution in [2.45, 2.75) is 6.92 Å². The summed E-state index contributed by atoms with van der Waals surface area (Å²) in [4.78, 5) is 39.6. The number of halogens is 1. The number of amides is 2. The van der Waals surface area contributed by atoms with Gasteiger partial charge in [0.05, 0.1) is 17.9 Å². The molecule has 0 bridgehead atoms. The molecule has 0 unspecified atom stereocenters. The van der Waals surface area contributed by atoms with E-state index in [0.29, 0.717) is 27.0 Å². The van der Waals surface area contributed by atoms with Gasteiger partial charge in [-0.2, -0.15) is 0 Å². The number of para-hydroxylation sites is 2. The number of rotatable bonds is 8. The number of carbonyl (C=O) groups is 3. The first kappa shape index (κ1) is 25.0. The predicted octanol–water partition coefficient (Wildman–Crippen LogP) is 6.83. The van der Waals surface area contributed by atoms with E-state index in [1.165, 1.54) is 0 Å². The van der Waals surface area contributed by atoms with Crippen LogP contribution < -0.4 is 16.0 Å². The lowest BCUT2D eigenvalue weighted by Gasteiger charge is -2.12. The maximum absolute atomic E-state index is 13.5. The third-order valence-corrected chi connectivity index (χ3v) is 6.34. The molecular weight excluding hydrogens is 498 g/mol. The van der Waals surface area contributed by atoms with Crippen LogP contribution in [0, 0.1) is 0 Å². The average Bonchev–Trinajstić information content (AvgIpc) is 3.23. The molecule has 36 heavy (non-hydrogen) atoms. The highest BCUT2D eigenvalue weighted by molar-refractivity contribution is 7.19. The SMILES string of the molecule is CCOC(=O)c1sc(Nc2ccccc2)c(C(=O)Nc2ccccc2)c1NC(=O)c1ccc(Cl)cc1. The Morgan fingerprint density at radius 2 is 1.42 bits per heavy atom. The normalized spacial score (nSPS) is 10.4. The molecule has 3 aromatic carbocycles. The van der Waals surface area contributed by atoms with Gasteiger partial charge in [0.25, 0.3) is 11.8 Å². The summed E-state index contributed by atoms with van der Waals surface area (Å²) in [6.07, 6.45) is 0. The lowest BCUT2D eigenvalue weighted by Crippen LogP contribution is -2.19. The number of esters is 1. The summed E-state index contributed by atoms with van der Waals surface area (Å²) >= 11 is 6.98. The van der Waals surface area contributed by atoms with Crippen LogP contribution in [-0.2, 0) is 4.74 Å². The minimum atomic E-state index is -0.649. The standard InChI is InChI=1S/C27H22ClN3O4S/c1-2-35-27(34)23-22(31-24(32)17-13-15-18(28)16-14-17)21(25(33)29-19-9-5-3-6-10-19)26(36-23)30-20-11-7-4-8-12-20/h3-16,30H,2H2,1H3,(H,29,33)(H,31,32). The van der Waals surface area contributed by atoms with Crippen LogP contribution in [0.15, 0.2) is 84.9 Å². The second-order valence-electron chi connectivity index (χ2n) is 7.50. The summed E-state index contributed by atoms with van der Waals surface area (Å²) in [5, 5.41) is 9.65. The van der Waals surface area contributed by atoms with E-state index in [9.17, 15) is 14.4 Å². The number of thiophene rings is 1. The second kappa shape index (κ2) is 11.5. The van der Waals surface area contributed by atoms with Crippen LogP contribution in [0.5, 0.6) is 0 Å². The molecule has 182 valence electrons. The zero-order valence-electron chi connectivity index (χ0n) is 19.2. The minimum Gasteiger partial charge on any atom is -0.462 e. The number of carbonyl (C=O) groups excluding carboxylic acids is 3. The van der Waals surface area contributed by atoms with Crippen molar-refractivity contribution >= 4 is 62.8 Å². The van der Waals surface area contributed by atoms with Crippen LogP contribution >= 0.6 is 22.9 Å². The fraction of sp³-hybridized carbons (Fsp3) is 0.0741. The molecule has 9 heteroatoms. The van der Waals surface area contributed by atoms with Crippen LogP contribution in [0.4, 0.5) is 22.1 Å². The van der Waals surface area contributed by atoms with Gasteiger partial charge in [-0.3, -0.25) is 9.59 Å². The van der Waals surface area contributed by atoms with E-state index in [-0.39, 0.29) is 22.7 Å². The molecule has 0 spiro atoms. The topological polar surface area (TPSA) is 96.5 Å². The van der Waals surface area contributed by atoms with Crippen molar-refractivity contribution in [1.82, 2.24) is 0 Å². The maximum atomic E-state index is 13.5. The van der Waals surface area contributed by atoms with Gasteiger partial charge in [-0.05, 0) is 55.5 Å². The van der Waals surface area contributed by atoms with E-state index < -0.39 is 17.8 Å². The molecule has 4 rings (SSSR count). The van der Waals surface area contributed by atoms with Crippen molar-refractivity contribution in [3.8, 4) is 0 Å². The zero-order chi connectivity index (χ0) is 25.5. The molecule has 1 heterocycles. The monoisotopic (exact) mass is 519 g/mol. The molecular formula is C27H22ClN3O4S. The smallest absolute Gasteiger partial charge is 0.350 e. The summed E-state index contributed by atoms with van der Waals surface area (Å²) in [6, 6.07) is 24.4. The van der Waals surface area contributed by atoms with E-state index in [1.54, 1.807) is 55.5 Å². The van der Waals surface area contributed by atoms with Gasteiger partial charge in [0.2, 0.25) is 0 Å². The zero-order valence-corrected chi connectivity index (χ0v) is 20.8. The summed E-state index contributed by atoms with van der Waals surface area (Å²) in [6.45, 7) is 1.82. The first-order chi connectivity index (χ1) is 17.5. The van der Waals surface area contributed by atoms with Gasteiger partial charge in [-0.15, -0.1) is 11.3 Å². The van der Waals surface area contributed by atoms with E-state index >= 15 is 0 Å². The lowest BCUT2D eigenvalue weighted by atomic mass is 10.1. The Morgan fingerprint density at radius 3 is 2.03 bits per heavy atom. The molecule has 0 saturated heterocycles. The van der Waals surface area contributed by atoms with Gasteiger partial charge in [0, 0.05) is 22.0 Å². The van der Waals surface area contributed by atoms with Gasteiger partial charge in [-0.1, -0.05) is 48.0 Å². The van der Waals surface area contributed by atoms with Gasteiger partial charge in [0.15, 0.2) is 0 Å². The highest BCUT2D eigenvalue weighted by Crippen LogP contribution is 2.40. The molecule has 0 aliphatic rings. The molecule has 4 aromatic rings. The highest BCUT2D eigenvalue weighted by atomic mass is 35.5. The number of benzene rings is 3. The van der Waals surface area contributed by atoms with Gasteiger partial charge >= 0.3 is 5.97 Å². The Hall–Kier alpha value is -4.14. The van der Waals surface area contributed by atoms with Crippen LogP contribution in [0.1, 0.15) is 37.3 Å². The quantitative estimate of drug-likeness (QED) is 0.222. The van der Waals surface area contributed by atoms with Crippen LogP contribution in [0.25, 0.3) is 0 Å². The maximum Gasteiger partial charge on any atom is 0.350 e. The molecule has 0 aliphatic heterocycles. The fourth-order valence-corrected chi connectivity index (χ4v) is 4.54. The van der Waals surface area contributed by atoms with E-state index in [2.05, 4.69) is 16.0 Å². The van der Waals surface area contributed by atoms with Crippen molar-refractivity contribution in [3.05, 3.63) is 106 Å². The second-order valence-corrected chi connectivity index (χ2v) is 8.96. The Bertz CT molecular complexity index is 1370. The van der Waals surface area contributed by atoms with Gasteiger partial charge in [-0.25, -0.2) is 4.79 Å². The summed E-state index contributed by atoms with van der Waals surface area (Å²) in [7, 11) is 0. The van der Waals surface area contributed by atoms with Gasteiger partial charge < -0.3 is 20.7 Å². The summed E-state index contributed by atoms with van der Waals surface area (Å²) in [5.41, 5.74) is 1.75. The number of ether oxygens (including phenoxy) is 1. The molecule has 0 saturated carbocycles. The summed E-state index contributed by atoms with van der Waals surface area (Å²) < 4.78 is 5.23. The van der Waals surface area contributed by atoms with Crippen LogP contribution in [0.2, 0.25) is 5.02 Å². The van der Waals surface area contributed by atoms with Crippen molar-refractivity contribution < 1.29 is 19.1 Å². The summed E-state index contributed by atoms with van der Waals surface area (Å²) in [5.74, 6) is -1.66.